The lowest BCUT2D eigenvalue weighted by molar-refractivity contribution is -0.180. The lowest BCUT2D eigenvalue weighted by Crippen LogP contribution is -2.62. The predicted octanol–water partition coefficient (Wildman–Crippen LogP) is 1.80. The number of allylic oxidation sites excluding steroid dienone is 4. The normalized spacial score (nSPS) is 51.3. The third-order valence-corrected chi connectivity index (χ3v) is 8.57. The molecule has 5 heteroatoms. The highest BCUT2D eigenvalue weighted by molar-refractivity contribution is 6.01. The highest BCUT2D eigenvalue weighted by Crippen LogP contribution is 2.67. The number of carbonyl (C=O) groups excluding carboxylic acids is 2. The Morgan fingerprint density at radius 3 is 2.70 bits per heavy atom. The van der Waals surface area contributed by atoms with Crippen molar-refractivity contribution in [3.05, 3.63) is 23.8 Å². The average molecular weight is 374 g/mol. The number of Topliss-reactive ketones (excluding diaryl/α,β-unsaturated/α-hetero) is 1. The molecule has 8 atom stereocenters. The Morgan fingerprint density at radius 2 is 2.04 bits per heavy atom. The predicted molar refractivity (Wildman–Crippen MR) is 99.6 cm³/mol. The number of ketones is 2. The number of carbonyl (C=O) groups is 2. The lowest BCUT2D eigenvalue weighted by atomic mass is 9.45. The Labute approximate surface area is 160 Å². The minimum atomic E-state index is -1.57. The fourth-order valence-electron chi connectivity index (χ4n) is 7.34. The van der Waals surface area contributed by atoms with Crippen LogP contribution in [-0.2, 0) is 9.59 Å². The molecule has 4 rings (SSSR count). The summed E-state index contributed by atoms with van der Waals surface area (Å²) < 4.78 is 0. The third kappa shape index (κ3) is 2.28. The summed E-state index contributed by atoms with van der Waals surface area (Å²) >= 11 is 0. The quantitative estimate of drug-likeness (QED) is 0.685. The zero-order chi connectivity index (χ0) is 19.8. The number of hydrogen-bond donors (Lipinski definition) is 3. The molecule has 0 amide bonds. The molecule has 4 aliphatic rings. The number of rotatable bonds is 2. The first-order chi connectivity index (χ1) is 12.6. The molecule has 5 nitrogen and oxygen atoms in total. The minimum Gasteiger partial charge on any atom is -0.393 e. The fourth-order valence-corrected chi connectivity index (χ4v) is 7.34. The van der Waals surface area contributed by atoms with E-state index in [0.717, 1.165) is 18.4 Å². The van der Waals surface area contributed by atoms with Crippen LogP contribution in [0.1, 0.15) is 46.5 Å². The van der Waals surface area contributed by atoms with Crippen LogP contribution >= 0.6 is 0 Å². The van der Waals surface area contributed by atoms with Gasteiger partial charge in [0.15, 0.2) is 11.6 Å². The van der Waals surface area contributed by atoms with E-state index in [9.17, 15) is 24.9 Å². The second kappa shape index (κ2) is 5.85. The third-order valence-electron chi connectivity index (χ3n) is 8.57. The van der Waals surface area contributed by atoms with Crippen LogP contribution in [0, 0.1) is 34.5 Å². The summed E-state index contributed by atoms with van der Waals surface area (Å²) in [5.74, 6) is -0.0768. The average Bonchev–Trinajstić information content (AvgIpc) is 2.87. The summed E-state index contributed by atoms with van der Waals surface area (Å²) in [4.78, 5) is 24.4. The van der Waals surface area contributed by atoms with E-state index in [1.165, 1.54) is 0 Å². The van der Waals surface area contributed by atoms with Crippen LogP contribution in [0.25, 0.3) is 0 Å². The number of hydrogen-bond acceptors (Lipinski definition) is 5. The van der Waals surface area contributed by atoms with Gasteiger partial charge in [-0.25, -0.2) is 0 Å². The maximum Gasteiger partial charge on any atom is 0.190 e. The van der Waals surface area contributed by atoms with Gasteiger partial charge in [0.05, 0.1) is 6.10 Å². The van der Waals surface area contributed by atoms with E-state index in [0.29, 0.717) is 12.8 Å². The molecule has 0 spiro atoms. The molecule has 0 heterocycles. The first-order valence-electron chi connectivity index (χ1n) is 10.1. The summed E-state index contributed by atoms with van der Waals surface area (Å²) in [7, 11) is 0. The molecule has 0 aliphatic heterocycles. The second-order valence-corrected chi connectivity index (χ2v) is 9.72. The van der Waals surface area contributed by atoms with Gasteiger partial charge in [-0.15, -0.1) is 0 Å². The minimum absolute atomic E-state index is 0.00620. The van der Waals surface area contributed by atoms with E-state index in [1.54, 1.807) is 12.2 Å². The van der Waals surface area contributed by atoms with Crippen molar-refractivity contribution < 1.29 is 24.9 Å². The van der Waals surface area contributed by atoms with Crippen molar-refractivity contribution in [1.29, 1.82) is 0 Å². The molecule has 5 unspecified atom stereocenters. The van der Waals surface area contributed by atoms with Crippen LogP contribution in [0.3, 0.4) is 0 Å². The Balaban J connectivity index is 1.78. The van der Waals surface area contributed by atoms with Crippen molar-refractivity contribution in [2.45, 2.75) is 58.2 Å². The van der Waals surface area contributed by atoms with Gasteiger partial charge in [-0.2, -0.15) is 0 Å². The van der Waals surface area contributed by atoms with Crippen molar-refractivity contribution >= 4 is 11.6 Å². The molecule has 0 saturated heterocycles. The standard InChI is InChI=1S/C22H30O5/c1-12-8-14-15-5-7-22(27,18(26)11-23)21(15,3)10-17(25)19(14)20(2)6-4-13(24)9-16(12)20/h4,6,9,12,14-15,17,19,23,25,27H,5,7-8,10-11H2,1-3H3/t12-,14?,15?,17-,19?,20?,21?,22-/m0/s1. The molecule has 3 N–H and O–H groups in total. The molecular formula is C22H30O5. The topological polar surface area (TPSA) is 94.8 Å². The van der Waals surface area contributed by atoms with Gasteiger partial charge in [0.1, 0.15) is 12.2 Å². The molecule has 4 aliphatic carbocycles. The highest BCUT2D eigenvalue weighted by atomic mass is 16.3. The van der Waals surface area contributed by atoms with Gasteiger partial charge in [0.2, 0.25) is 0 Å². The zero-order valence-electron chi connectivity index (χ0n) is 16.3. The highest BCUT2D eigenvalue weighted by Gasteiger charge is 2.68. The van der Waals surface area contributed by atoms with Gasteiger partial charge in [0.25, 0.3) is 0 Å². The van der Waals surface area contributed by atoms with E-state index >= 15 is 0 Å². The molecule has 0 radical (unpaired) electrons. The Hall–Kier alpha value is -1.30. The van der Waals surface area contributed by atoms with Crippen LogP contribution in [-0.4, -0.2) is 45.2 Å². The molecular weight excluding hydrogens is 344 g/mol. The maximum atomic E-state index is 12.4. The van der Waals surface area contributed by atoms with Gasteiger partial charge >= 0.3 is 0 Å². The number of aliphatic hydroxyl groups is 3. The van der Waals surface area contributed by atoms with E-state index in [4.69, 9.17) is 0 Å². The molecule has 148 valence electrons. The molecule has 3 fully saturated rings. The molecule has 0 aromatic heterocycles. The fraction of sp³-hybridized carbons (Fsp3) is 0.727. The molecule has 27 heavy (non-hydrogen) atoms. The van der Waals surface area contributed by atoms with Crippen LogP contribution in [0.4, 0.5) is 0 Å². The van der Waals surface area contributed by atoms with Crippen molar-refractivity contribution in [2.75, 3.05) is 6.61 Å². The summed E-state index contributed by atoms with van der Waals surface area (Å²) in [6, 6.07) is 0. The monoisotopic (exact) mass is 374 g/mol. The SMILES string of the molecule is C[C@H]1CC2C([C@@H](O)CC3(C)C2CC[C@]3(O)C(=O)CO)C2(C)C=CC(=O)C=C12. The van der Waals surface area contributed by atoms with Gasteiger partial charge < -0.3 is 15.3 Å². The summed E-state index contributed by atoms with van der Waals surface area (Å²) in [6.45, 7) is 5.48. The first-order valence-corrected chi connectivity index (χ1v) is 10.1. The Bertz CT molecular complexity index is 754. The maximum absolute atomic E-state index is 12.4. The molecule has 0 aromatic carbocycles. The molecule has 3 saturated carbocycles. The Kier molecular flexibility index (Phi) is 4.12. The van der Waals surface area contributed by atoms with Crippen molar-refractivity contribution in [1.82, 2.24) is 0 Å². The van der Waals surface area contributed by atoms with E-state index in [1.807, 2.05) is 13.0 Å². The van der Waals surface area contributed by atoms with Crippen LogP contribution in [0.2, 0.25) is 0 Å². The van der Waals surface area contributed by atoms with Gasteiger partial charge in [-0.3, -0.25) is 9.59 Å². The van der Waals surface area contributed by atoms with Crippen LogP contribution < -0.4 is 0 Å². The summed E-state index contributed by atoms with van der Waals surface area (Å²) in [5.41, 5.74) is -1.59. The number of fused-ring (bicyclic) bond motifs is 5. The van der Waals surface area contributed by atoms with Crippen LogP contribution in [0.5, 0.6) is 0 Å². The van der Waals surface area contributed by atoms with E-state index < -0.39 is 29.5 Å². The second-order valence-electron chi connectivity index (χ2n) is 9.72. The van der Waals surface area contributed by atoms with Gasteiger partial charge in [-0.1, -0.05) is 32.4 Å². The van der Waals surface area contributed by atoms with Gasteiger partial charge in [0, 0.05) is 16.7 Å². The van der Waals surface area contributed by atoms with Crippen molar-refractivity contribution in [3.8, 4) is 0 Å². The summed E-state index contributed by atoms with van der Waals surface area (Å²) in [6.07, 6.45) is 6.87. The van der Waals surface area contributed by atoms with Crippen LogP contribution in [0.15, 0.2) is 23.8 Å². The lowest BCUT2D eigenvalue weighted by Gasteiger charge is -2.60. The van der Waals surface area contributed by atoms with Crippen molar-refractivity contribution in [3.63, 3.8) is 0 Å². The Morgan fingerprint density at radius 1 is 1.33 bits per heavy atom. The van der Waals surface area contributed by atoms with E-state index in [-0.39, 0.29) is 34.9 Å². The van der Waals surface area contributed by atoms with Gasteiger partial charge in [-0.05, 0) is 55.6 Å². The first kappa shape index (κ1) is 19.0. The van der Waals surface area contributed by atoms with E-state index in [2.05, 4.69) is 13.8 Å². The zero-order valence-corrected chi connectivity index (χ0v) is 16.3. The number of aliphatic hydroxyl groups excluding tert-OH is 2. The smallest absolute Gasteiger partial charge is 0.190 e. The molecule has 0 bridgehead atoms. The molecule has 0 aromatic rings. The van der Waals surface area contributed by atoms with Crippen molar-refractivity contribution in [2.24, 2.45) is 34.5 Å². The summed E-state index contributed by atoms with van der Waals surface area (Å²) in [5, 5.41) is 31.9. The largest absolute Gasteiger partial charge is 0.393 e.